The maximum absolute atomic E-state index is 13.9. The van der Waals surface area contributed by atoms with Crippen LogP contribution in [-0.4, -0.2) is 25.0 Å². The Morgan fingerprint density at radius 3 is 2.36 bits per heavy atom. The largest absolute Gasteiger partial charge is 0.370 e. The molecular weight excluding hydrogens is 426 g/mol. The average Bonchev–Trinajstić information content (AvgIpc) is 3.31. The summed E-state index contributed by atoms with van der Waals surface area (Å²) in [6, 6.07) is 14.6. The van der Waals surface area contributed by atoms with Gasteiger partial charge in [0.25, 0.3) is 5.91 Å². The molecule has 1 saturated heterocycles. The van der Waals surface area contributed by atoms with E-state index in [4.69, 9.17) is 0 Å². The quantitative estimate of drug-likeness (QED) is 0.462. The van der Waals surface area contributed by atoms with Crippen molar-refractivity contribution in [2.45, 2.75) is 19.8 Å². The van der Waals surface area contributed by atoms with Gasteiger partial charge in [0.15, 0.2) is 0 Å². The Bertz CT molecular complexity index is 1190. The molecule has 1 heterocycles. The van der Waals surface area contributed by atoms with Gasteiger partial charge in [-0.1, -0.05) is 17.7 Å². The van der Waals surface area contributed by atoms with Gasteiger partial charge in [-0.25, -0.2) is 13.6 Å². The number of benzene rings is 3. The number of anilines is 4. The summed E-state index contributed by atoms with van der Waals surface area (Å²) in [6.45, 7) is 3.58. The smallest absolute Gasteiger partial charge is 0.323 e. The van der Waals surface area contributed by atoms with E-state index in [2.05, 4.69) is 20.9 Å². The molecular formula is C25H24F2N4O2. The minimum absolute atomic E-state index is 0.265. The van der Waals surface area contributed by atoms with E-state index in [1.165, 1.54) is 0 Å². The highest BCUT2D eigenvalue weighted by atomic mass is 19.1. The Morgan fingerprint density at radius 1 is 0.848 bits per heavy atom. The van der Waals surface area contributed by atoms with E-state index in [0.717, 1.165) is 55.4 Å². The van der Waals surface area contributed by atoms with Crippen molar-refractivity contribution in [2.75, 3.05) is 33.9 Å². The molecule has 3 amide bonds. The van der Waals surface area contributed by atoms with Gasteiger partial charge in [0.2, 0.25) is 0 Å². The lowest BCUT2D eigenvalue weighted by molar-refractivity contribution is 0.102. The van der Waals surface area contributed by atoms with Crippen LogP contribution in [0.5, 0.6) is 0 Å². The van der Waals surface area contributed by atoms with Gasteiger partial charge in [0, 0.05) is 30.4 Å². The van der Waals surface area contributed by atoms with Gasteiger partial charge in [-0.2, -0.15) is 0 Å². The van der Waals surface area contributed by atoms with E-state index >= 15 is 0 Å². The second kappa shape index (κ2) is 9.68. The second-order valence-corrected chi connectivity index (χ2v) is 7.95. The van der Waals surface area contributed by atoms with Gasteiger partial charge >= 0.3 is 6.03 Å². The number of aryl methyl sites for hydroxylation is 1. The summed E-state index contributed by atoms with van der Waals surface area (Å²) >= 11 is 0. The predicted molar refractivity (Wildman–Crippen MR) is 126 cm³/mol. The number of carbonyl (C=O) groups excluding carboxylic acids is 2. The lowest BCUT2D eigenvalue weighted by atomic mass is 10.1. The van der Waals surface area contributed by atoms with Crippen molar-refractivity contribution in [1.29, 1.82) is 0 Å². The van der Waals surface area contributed by atoms with Crippen LogP contribution < -0.4 is 20.9 Å². The first-order valence-electron chi connectivity index (χ1n) is 10.7. The summed E-state index contributed by atoms with van der Waals surface area (Å²) in [7, 11) is 0. The molecule has 0 bridgehead atoms. The zero-order valence-electron chi connectivity index (χ0n) is 18.1. The van der Waals surface area contributed by atoms with Crippen LogP contribution in [-0.2, 0) is 0 Å². The van der Waals surface area contributed by atoms with Crippen LogP contribution in [0.4, 0.5) is 36.3 Å². The molecule has 6 nitrogen and oxygen atoms in total. The molecule has 0 unspecified atom stereocenters. The molecule has 0 radical (unpaired) electrons. The number of urea groups is 1. The minimum atomic E-state index is -0.745. The highest BCUT2D eigenvalue weighted by Gasteiger charge is 2.19. The highest BCUT2D eigenvalue weighted by molar-refractivity contribution is 6.06. The summed E-state index contributed by atoms with van der Waals surface area (Å²) in [4.78, 5) is 27.4. The number of nitrogens with one attached hydrogen (secondary N) is 3. The zero-order valence-corrected chi connectivity index (χ0v) is 18.1. The van der Waals surface area contributed by atoms with Gasteiger partial charge in [-0.05, 0) is 62.2 Å². The molecule has 0 aromatic heterocycles. The molecule has 4 rings (SSSR count). The van der Waals surface area contributed by atoms with Crippen molar-refractivity contribution < 1.29 is 18.4 Å². The zero-order chi connectivity index (χ0) is 23.4. The standard InChI is InChI=1S/C25H24F2N4O2/c1-16-5-4-6-17(13-16)24(32)28-19-8-10-23(31-11-2-3-12-31)22(15-19)30-25(33)29-21-14-18(26)7-9-20(21)27/h4-10,13-15H,2-3,11-12H2,1H3,(H,28,32)(H2,29,30,33). The van der Waals surface area contributed by atoms with Crippen molar-refractivity contribution in [1.82, 2.24) is 0 Å². The summed E-state index contributed by atoms with van der Waals surface area (Å²) in [5.74, 6) is -1.68. The van der Waals surface area contributed by atoms with Crippen molar-refractivity contribution in [3.63, 3.8) is 0 Å². The van der Waals surface area contributed by atoms with Gasteiger partial charge < -0.3 is 20.9 Å². The normalized spacial score (nSPS) is 13.0. The first-order valence-corrected chi connectivity index (χ1v) is 10.7. The lowest BCUT2D eigenvalue weighted by Gasteiger charge is -2.22. The lowest BCUT2D eigenvalue weighted by Crippen LogP contribution is -2.24. The van der Waals surface area contributed by atoms with E-state index in [1.54, 1.807) is 24.3 Å². The number of halogens is 2. The second-order valence-electron chi connectivity index (χ2n) is 7.95. The van der Waals surface area contributed by atoms with Crippen LogP contribution in [0.1, 0.15) is 28.8 Å². The molecule has 1 aliphatic rings. The molecule has 0 atom stereocenters. The molecule has 3 aromatic carbocycles. The Kier molecular flexibility index (Phi) is 6.53. The molecule has 3 aromatic rings. The fourth-order valence-electron chi connectivity index (χ4n) is 3.81. The van der Waals surface area contributed by atoms with Crippen LogP contribution in [0.2, 0.25) is 0 Å². The fraction of sp³-hybridized carbons (Fsp3) is 0.200. The fourth-order valence-corrected chi connectivity index (χ4v) is 3.81. The Labute approximate surface area is 190 Å². The third kappa shape index (κ3) is 5.46. The molecule has 33 heavy (non-hydrogen) atoms. The average molecular weight is 450 g/mol. The maximum atomic E-state index is 13.9. The van der Waals surface area contributed by atoms with Crippen LogP contribution in [0, 0.1) is 18.6 Å². The number of nitrogens with zero attached hydrogens (tertiary/aromatic N) is 1. The predicted octanol–water partition coefficient (Wildman–Crippen LogP) is 5.77. The molecule has 170 valence electrons. The van der Waals surface area contributed by atoms with Gasteiger partial charge in [-0.15, -0.1) is 0 Å². The topological polar surface area (TPSA) is 73.5 Å². The van der Waals surface area contributed by atoms with Crippen LogP contribution in [0.25, 0.3) is 0 Å². The van der Waals surface area contributed by atoms with Gasteiger partial charge in [-0.3, -0.25) is 4.79 Å². The SMILES string of the molecule is Cc1cccc(C(=O)Nc2ccc(N3CCCC3)c(NC(=O)Nc3cc(F)ccc3F)c2)c1. The molecule has 1 fully saturated rings. The van der Waals surface area contributed by atoms with Crippen LogP contribution in [0.15, 0.2) is 60.7 Å². The molecule has 0 spiro atoms. The van der Waals surface area contributed by atoms with E-state index < -0.39 is 17.7 Å². The van der Waals surface area contributed by atoms with E-state index in [9.17, 15) is 18.4 Å². The Hall–Kier alpha value is -3.94. The molecule has 8 heteroatoms. The third-order valence-electron chi connectivity index (χ3n) is 5.41. The molecule has 3 N–H and O–H groups in total. The van der Waals surface area contributed by atoms with Crippen LogP contribution in [0.3, 0.4) is 0 Å². The number of hydrogen-bond acceptors (Lipinski definition) is 3. The monoisotopic (exact) mass is 450 g/mol. The Balaban J connectivity index is 1.56. The summed E-state index contributed by atoms with van der Waals surface area (Å²) in [5, 5.41) is 7.90. The van der Waals surface area contributed by atoms with Crippen molar-refractivity contribution in [3.8, 4) is 0 Å². The van der Waals surface area contributed by atoms with Crippen molar-refractivity contribution >= 4 is 34.7 Å². The number of carbonyl (C=O) groups is 2. The van der Waals surface area contributed by atoms with E-state index in [0.29, 0.717) is 16.9 Å². The number of hydrogen-bond donors (Lipinski definition) is 3. The summed E-state index contributed by atoms with van der Waals surface area (Å²) in [6.07, 6.45) is 2.07. The van der Waals surface area contributed by atoms with E-state index in [-0.39, 0.29) is 11.6 Å². The third-order valence-corrected chi connectivity index (χ3v) is 5.41. The van der Waals surface area contributed by atoms with Gasteiger partial charge in [0.1, 0.15) is 11.6 Å². The maximum Gasteiger partial charge on any atom is 0.323 e. The molecule has 0 saturated carbocycles. The van der Waals surface area contributed by atoms with Gasteiger partial charge in [0.05, 0.1) is 17.1 Å². The summed E-state index contributed by atoms with van der Waals surface area (Å²) < 4.78 is 27.4. The first-order chi connectivity index (χ1) is 15.9. The minimum Gasteiger partial charge on any atom is -0.370 e. The van der Waals surface area contributed by atoms with E-state index in [1.807, 2.05) is 25.1 Å². The Morgan fingerprint density at radius 2 is 1.61 bits per heavy atom. The molecule has 1 aliphatic heterocycles. The van der Waals surface area contributed by atoms with Crippen LogP contribution >= 0.6 is 0 Å². The number of rotatable bonds is 5. The number of amides is 3. The van der Waals surface area contributed by atoms with Crippen molar-refractivity contribution in [3.05, 3.63) is 83.4 Å². The highest BCUT2D eigenvalue weighted by Crippen LogP contribution is 2.32. The summed E-state index contributed by atoms with van der Waals surface area (Å²) in [5.41, 5.74) is 2.96. The van der Waals surface area contributed by atoms with Crippen molar-refractivity contribution in [2.24, 2.45) is 0 Å². The molecule has 0 aliphatic carbocycles. The first kappa shape index (κ1) is 22.3.